The number of benzene rings is 2. The van der Waals surface area contributed by atoms with Gasteiger partial charge in [-0.2, -0.15) is 5.26 Å². The number of hydrogen-bond acceptors (Lipinski definition) is 5. The molecule has 3 aromatic rings. The monoisotopic (exact) mass is 357 g/mol. The van der Waals surface area contributed by atoms with Gasteiger partial charge in [-0.3, -0.25) is 4.72 Å². The van der Waals surface area contributed by atoms with E-state index in [-0.39, 0.29) is 18.1 Å². The summed E-state index contributed by atoms with van der Waals surface area (Å²) in [6.07, 6.45) is 1.54. The molecule has 7 nitrogen and oxygen atoms in total. The first-order valence-electron chi connectivity index (χ1n) is 7.42. The van der Waals surface area contributed by atoms with E-state index in [1.54, 1.807) is 18.2 Å². The second-order valence-electron chi connectivity index (χ2n) is 5.19. The van der Waals surface area contributed by atoms with Crippen LogP contribution < -0.4 is 9.46 Å². The Labute approximate surface area is 144 Å². The van der Waals surface area contributed by atoms with Crippen LogP contribution in [0.1, 0.15) is 5.56 Å². The number of ether oxygens (including phenoxy) is 1. The van der Waals surface area contributed by atoms with E-state index in [0.717, 1.165) is 0 Å². The molecule has 1 heterocycles. The molecule has 0 saturated carbocycles. The van der Waals surface area contributed by atoms with Gasteiger partial charge in [0.05, 0.1) is 28.3 Å². The van der Waals surface area contributed by atoms with E-state index in [1.807, 2.05) is 0 Å². The van der Waals surface area contributed by atoms with Crippen molar-refractivity contribution in [2.45, 2.75) is 4.90 Å². The molecule has 0 aliphatic rings. The summed E-state index contributed by atoms with van der Waals surface area (Å²) in [5.74, 6) is 0.470. The van der Waals surface area contributed by atoms with Gasteiger partial charge >= 0.3 is 0 Å². The number of aliphatic hydroxyl groups is 1. The maximum Gasteiger partial charge on any atom is 0.261 e. The minimum Gasteiger partial charge on any atom is -0.491 e. The molecule has 3 rings (SSSR count). The first kappa shape index (κ1) is 16.8. The Balaban J connectivity index is 1.89. The first-order chi connectivity index (χ1) is 12.0. The summed E-state index contributed by atoms with van der Waals surface area (Å²) in [7, 11) is -3.80. The number of fused-ring (bicyclic) bond motifs is 1. The normalized spacial score (nSPS) is 11.2. The molecule has 0 spiro atoms. The third-order valence-electron chi connectivity index (χ3n) is 3.57. The Morgan fingerprint density at radius 2 is 1.96 bits per heavy atom. The van der Waals surface area contributed by atoms with Gasteiger partial charge in [0.25, 0.3) is 10.0 Å². The Morgan fingerprint density at radius 3 is 2.64 bits per heavy atom. The molecule has 8 heteroatoms. The molecule has 25 heavy (non-hydrogen) atoms. The highest BCUT2D eigenvalue weighted by Gasteiger charge is 2.17. The molecule has 0 aliphatic heterocycles. The van der Waals surface area contributed by atoms with Crippen LogP contribution in [-0.2, 0) is 10.0 Å². The Bertz CT molecular complexity index is 1030. The average Bonchev–Trinajstić information content (AvgIpc) is 3.04. The molecule has 1 aromatic heterocycles. The van der Waals surface area contributed by atoms with Crippen LogP contribution in [0.2, 0.25) is 0 Å². The summed E-state index contributed by atoms with van der Waals surface area (Å²) in [5, 5.41) is 18.5. The fourth-order valence-electron chi connectivity index (χ4n) is 2.41. The molecule has 0 fully saturated rings. The fraction of sp³-hybridized carbons (Fsp3) is 0.118. The third kappa shape index (κ3) is 3.42. The van der Waals surface area contributed by atoms with Crippen molar-refractivity contribution < 1.29 is 18.3 Å². The number of para-hydroxylation sites is 1. The van der Waals surface area contributed by atoms with Crippen LogP contribution in [0.5, 0.6) is 5.75 Å². The van der Waals surface area contributed by atoms with E-state index in [1.165, 1.54) is 30.5 Å². The van der Waals surface area contributed by atoms with Crippen LogP contribution >= 0.6 is 0 Å². The molecule has 0 bridgehead atoms. The lowest BCUT2D eigenvalue weighted by Crippen LogP contribution is -2.13. The second kappa shape index (κ2) is 6.84. The SMILES string of the molecule is N#Cc1c[nH]c2c(NS(=O)(=O)c3ccc(OCCO)cc3)cccc12. The van der Waals surface area contributed by atoms with Crippen LogP contribution in [0.15, 0.2) is 53.6 Å². The summed E-state index contributed by atoms with van der Waals surface area (Å²) in [6.45, 7) is 0.0207. The summed E-state index contributed by atoms with van der Waals surface area (Å²) in [4.78, 5) is 3.00. The number of anilines is 1. The fourth-order valence-corrected chi connectivity index (χ4v) is 3.49. The van der Waals surface area contributed by atoms with Gasteiger partial charge in [0.1, 0.15) is 18.4 Å². The van der Waals surface area contributed by atoms with Gasteiger partial charge in [0.15, 0.2) is 0 Å². The van der Waals surface area contributed by atoms with Crippen molar-refractivity contribution in [3.8, 4) is 11.8 Å². The van der Waals surface area contributed by atoms with Gasteiger partial charge < -0.3 is 14.8 Å². The highest BCUT2D eigenvalue weighted by molar-refractivity contribution is 7.92. The number of aromatic nitrogens is 1. The van der Waals surface area contributed by atoms with Crippen molar-refractivity contribution in [3.63, 3.8) is 0 Å². The molecular weight excluding hydrogens is 342 g/mol. The van der Waals surface area contributed by atoms with Gasteiger partial charge in [-0.15, -0.1) is 0 Å². The van der Waals surface area contributed by atoms with Crippen LogP contribution in [0.4, 0.5) is 5.69 Å². The van der Waals surface area contributed by atoms with Crippen LogP contribution in [-0.4, -0.2) is 31.7 Å². The molecular formula is C17H15N3O4S. The molecule has 0 amide bonds. The molecule has 2 aromatic carbocycles. The second-order valence-corrected chi connectivity index (χ2v) is 6.87. The molecule has 0 radical (unpaired) electrons. The predicted octanol–water partition coefficient (Wildman–Crippen LogP) is 2.21. The lowest BCUT2D eigenvalue weighted by atomic mass is 10.2. The van der Waals surface area contributed by atoms with Crippen molar-refractivity contribution in [2.75, 3.05) is 17.9 Å². The smallest absolute Gasteiger partial charge is 0.261 e. The standard InChI is InChI=1S/C17H15N3O4S/c18-10-12-11-19-17-15(12)2-1-3-16(17)20-25(22,23)14-6-4-13(5-7-14)24-9-8-21/h1-7,11,19-21H,8-9H2. The van der Waals surface area contributed by atoms with Crippen LogP contribution in [0.25, 0.3) is 10.9 Å². The average molecular weight is 357 g/mol. The molecule has 0 unspecified atom stereocenters. The van der Waals surface area contributed by atoms with Crippen molar-refractivity contribution in [1.29, 1.82) is 5.26 Å². The first-order valence-corrected chi connectivity index (χ1v) is 8.90. The minimum atomic E-state index is -3.80. The number of nitrogens with one attached hydrogen (secondary N) is 2. The number of sulfonamides is 1. The van der Waals surface area contributed by atoms with Crippen molar-refractivity contribution in [1.82, 2.24) is 4.98 Å². The lowest BCUT2D eigenvalue weighted by molar-refractivity contribution is 0.201. The zero-order chi connectivity index (χ0) is 17.9. The number of rotatable bonds is 6. The number of nitrogens with zero attached hydrogens (tertiary/aromatic N) is 1. The quantitative estimate of drug-likeness (QED) is 0.625. The van der Waals surface area contributed by atoms with Crippen molar-refractivity contribution in [3.05, 3.63) is 54.2 Å². The highest BCUT2D eigenvalue weighted by Crippen LogP contribution is 2.27. The Morgan fingerprint density at radius 1 is 1.20 bits per heavy atom. The van der Waals surface area contributed by atoms with Gasteiger partial charge in [0.2, 0.25) is 0 Å². The predicted molar refractivity (Wildman–Crippen MR) is 92.8 cm³/mol. The summed E-state index contributed by atoms with van der Waals surface area (Å²) >= 11 is 0. The zero-order valence-electron chi connectivity index (χ0n) is 13.1. The highest BCUT2D eigenvalue weighted by atomic mass is 32.2. The van der Waals surface area contributed by atoms with Crippen molar-refractivity contribution in [2.24, 2.45) is 0 Å². The number of aromatic amines is 1. The van der Waals surface area contributed by atoms with Gasteiger partial charge in [-0.1, -0.05) is 12.1 Å². The third-order valence-corrected chi connectivity index (χ3v) is 4.96. The number of H-pyrrole nitrogens is 1. The van der Waals surface area contributed by atoms with Crippen LogP contribution in [0.3, 0.4) is 0 Å². The lowest BCUT2D eigenvalue weighted by Gasteiger charge is -2.10. The van der Waals surface area contributed by atoms with Gasteiger partial charge in [-0.25, -0.2) is 8.42 Å². The summed E-state index contributed by atoms with van der Waals surface area (Å²) < 4.78 is 32.9. The zero-order valence-corrected chi connectivity index (χ0v) is 13.9. The minimum absolute atomic E-state index is 0.0768. The van der Waals surface area contributed by atoms with Crippen LogP contribution in [0, 0.1) is 11.3 Å². The van der Waals surface area contributed by atoms with E-state index in [4.69, 9.17) is 15.1 Å². The molecule has 0 saturated heterocycles. The topological polar surface area (TPSA) is 115 Å². The molecule has 3 N–H and O–H groups in total. The Kier molecular flexibility index (Phi) is 4.61. The van der Waals surface area contributed by atoms with E-state index < -0.39 is 10.0 Å². The van der Waals surface area contributed by atoms with E-state index in [9.17, 15) is 8.42 Å². The molecule has 128 valence electrons. The van der Waals surface area contributed by atoms with Gasteiger partial charge in [-0.05, 0) is 30.3 Å². The number of hydrogen-bond donors (Lipinski definition) is 3. The molecule has 0 aliphatic carbocycles. The Hall–Kier alpha value is -3.02. The maximum absolute atomic E-state index is 12.6. The van der Waals surface area contributed by atoms with E-state index in [0.29, 0.717) is 27.9 Å². The number of aliphatic hydroxyl groups excluding tert-OH is 1. The molecule has 0 atom stereocenters. The van der Waals surface area contributed by atoms with Crippen molar-refractivity contribution >= 4 is 26.6 Å². The van der Waals surface area contributed by atoms with E-state index in [2.05, 4.69) is 15.8 Å². The van der Waals surface area contributed by atoms with E-state index >= 15 is 0 Å². The largest absolute Gasteiger partial charge is 0.491 e. The summed E-state index contributed by atoms with van der Waals surface area (Å²) in [5.41, 5.74) is 1.35. The van der Waals surface area contributed by atoms with Gasteiger partial charge in [0, 0.05) is 11.6 Å². The maximum atomic E-state index is 12.6. The summed E-state index contributed by atoms with van der Waals surface area (Å²) in [6, 6.07) is 13.0. The number of nitriles is 1.